The molecule has 154 valence electrons. The molecule has 3 rings (SSSR count). The van der Waals surface area contributed by atoms with Crippen LogP contribution in [0.2, 0.25) is 0 Å². The molecular weight excluding hydrogens is 372 g/mol. The molecule has 3 aromatic rings. The lowest BCUT2D eigenvalue weighted by atomic mass is 9.88. The molecule has 0 saturated heterocycles. The number of rotatable bonds is 9. The van der Waals surface area contributed by atoms with Crippen LogP contribution >= 0.6 is 0 Å². The lowest BCUT2D eigenvalue weighted by molar-refractivity contribution is 0.215. The highest BCUT2D eigenvalue weighted by molar-refractivity contribution is 5.99. The van der Waals surface area contributed by atoms with E-state index in [2.05, 4.69) is 78.1 Å². The molecule has 0 aliphatic carbocycles. The molecule has 0 amide bonds. The Morgan fingerprint density at radius 3 is 2.07 bits per heavy atom. The number of allylic oxidation sites excluding steroid dienone is 1. The van der Waals surface area contributed by atoms with Crippen molar-refractivity contribution in [2.45, 2.75) is 13.3 Å². The highest BCUT2D eigenvalue weighted by Crippen LogP contribution is 2.35. The fourth-order valence-electron chi connectivity index (χ4n) is 3.40. The number of nitrogens with one attached hydrogen (secondary N) is 1. The maximum Gasteiger partial charge on any atom is 0.139 e. The number of benzene rings is 3. The van der Waals surface area contributed by atoms with Gasteiger partial charge in [-0.1, -0.05) is 78.8 Å². The van der Waals surface area contributed by atoms with E-state index in [1.807, 2.05) is 25.2 Å². The Morgan fingerprint density at radius 2 is 1.50 bits per heavy atom. The molecule has 4 heteroatoms. The van der Waals surface area contributed by atoms with Crippen LogP contribution in [0.3, 0.4) is 0 Å². The Balaban J connectivity index is 2.09. The van der Waals surface area contributed by atoms with Gasteiger partial charge in [0.2, 0.25) is 0 Å². The van der Waals surface area contributed by atoms with E-state index in [9.17, 15) is 0 Å². The van der Waals surface area contributed by atoms with Crippen LogP contribution in [0, 0.1) is 0 Å². The minimum atomic E-state index is 0.483. The van der Waals surface area contributed by atoms with E-state index in [0.29, 0.717) is 6.73 Å². The van der Waals surface area contributed by atoms with Crippen LogP contribution in [0.1, 0.15) is 35.6 Å². The van der Waals surface area contributed by atoms with Gasteiger partial charge in [-0.25, -0.2) is 0 Å². The molecule has 0 heterocycles. The van der Waals surface area contributed by atoms with Crippen LogP contribution < -0.4 is 10.1 Å². The highest BCUT2D eigenvalue weighted by atomic mass is 16.6. The van der Waals surface area contributed by atoms with Gasteiger partial charge >= 0.3 is 0 Å². The van der Waals surface area contributed by atoms with Crippen molar-refractivity contribution in [3.8, 4) is 5.75 Å². The summed E-state index contributed by atoms with van der Waals surface area (Å²) in [6, 6.07) is 27.2. The molecule has 0 radical (unpaired) electrons. The summed E-state index contributed by atoms with van der Waals surface area (Å²) in [5.41, 5.74) is 7.07. The van der Waals surface area contributed by atoms with Gasteiger partial charge in [0, 0.05) is 0 Å². The van der Waals surface area contributed by atoms with Gasteiger partial charge in [0.25, 0.3) is 0 Å². The van der Waals surface area contributed by atoms with E-state index in [4.69, 9.17) is 9.57 Å². The molecular formula is C26H28N2O2. The van der Waals surface area contributed by atoms with E-state index in [0.717, 1.165) is 28.9 Å². The maximum atomic E-state index is 5.67. The normalized spacial score (nSPS) is 12.0. The number of oxime groups is 1. The quantitative estimate of drug-likeness (QED) is 0.220. The van der Waals surface area contributed by atoms with Crippen molar-refractivity contribution in [3.05, 3.63) is 101 Å². The second-order valence-electron chi connectivity index (χ2n) is 6.78. The third kappa shape index (κ3) is 5.37. The summed E-state index contributed by atoms with van der Waals surface area (Å²) in [5, 5.41) is 6.85. The summed E-state index contributed by atoms with van der Waals surface area (Å²) in [4.78, 5) is 4.79. The van der Waals surface area contributed by atoms with Gasteiger partial charge in [-0.3, -0.25) is 5.32 Å². The number of hydrogen-bond acceptors (Lipinski definition) is 4. The third-order valence-electron chi connectivity index (χ3n) is 4.81. The van der Waals surface area contributed by atoms with Crippen LogP contribution in [0.15, 0.2) is 84.0 Å². The predicted octanol–water partition coefficient (Wildman–Crippen LogP) is 5.59. The van der Waals surface area contributed by atoms with Crippen LogP contribution in [0.25, 0.3) is 11.1 Å². The molecule has 0 aromatic heterocycles. The monoisotopic (exact) mass is 400 g/mol. The van der Waals surface area contributed by atoms with Crippen molar-refractivity contribution in [1.82, 2.24) is 5.32 Å². The first-order valence-electron chi connectivity index (χ1n) is 10.1. The Kier molecular flexibility index (Phi) is 7.81. The zero-order valence-corrected chi connectivity index (χ0v) is 17.8. The topological polar surface area (TPSA) is 42.9 Å². The second-order valence-corrected chi connectivity index (χ2v) is 6.78. The van der Waals surface area contributed by atoms with Gasteiger partial charge in [0.15, 0.2) is 0 Å². The SMILES string of the molecule is CC/C(=C(\c1ccc(/C=N/OC)cc1)c1ccc(OCNC)cc1)c1ccccc1. The van der Waals surface area contributed by atoms with Gasteiger partial charge in [0.05, 0.1) is 6.21 Å². The molecule has 4 nitrogen and oxygen atoms in total. The van der Waals surface area contributed by atoms with Crippen molar-refractivity contribution in [2.24, 2.45) is 5.16 Å². The van der Waals surface area contributed by atoms with Gasteiger partial charge in [-0.05, 0) is 59.0 Å². The van der Waals surface area contributed by atoms with E-state index >= 15 is 0 Å². The molecule has 0 fully saturated rings. The van der Waals surface area contributed by atoms with Crippen LogP contribution in [-0.2, 0) is 4.84 Å². The van der Waals surface area contributed by atoms with Crippen molar-refractivity contribution >= 4 is 17.4 Å². The Labute approximate surface area is 178 Å². The summed E-state index contributed by atoms with van der Waals surface area (Å²) in [7, 11) is 3.41. The first kappa shape index (κ1) is 21.3. The molecule has 0 saturated carbocycles. The lowest BCUT2D eigenvalue weighted by Crippen LogP contribution is -2.13. The minimum Gasteiger partial charge on any atom is -0.478 e. The summed E-state index contributed by atoms with van der Waals surface area (Å²) in [6.07, 6.45) is 2.63. The van der Waals surface area contributed by atoms with Gasteiger partial charge in [0.1, 0.15) is 19.6 Å². The standard InChI is InChI=1S/C26H28N2O2/c1-4-25(21-8-6-5-7-9-21)26(22-12-10-20(11-13-22)18-28-29-3)23-14-16-24(17-15-23)30-19-27-2/h5-18,27H,4,19H2,1-3H3/b26-25-,28-18+. The first-order chi connectivity index (χ1) is 14.8. The third-order valence-corrected chi connectivity index (χ3v) is 4.81. The summed E-state index contributed by atoms with van der Waals surface area (Å²) in [6.45, 7) is 2.68. The Bertz CT molecular complexity index is 976. The Hall–Kier alpha value is -3.37. The summed E-state index contributed by atoms with van der Waals surface area (Å²) in [5.74, 6) is 0.844. The molecule has 30 heavy (non-hydrogen) atoms. The van der Waals surface area contributed by atoms with Gasteiger partial charge in [-0.2, -0.15) is 0 Å². The number of ether oxygens (including phenoxy) is 1. The van der Waals surface area contributed by atoms with Crippen molar-refractivity contribution in [3.63, 3.8) is 0 Å². The average molecular weight is 401 g/mol. The van der Waals surface area contributed by atoms with E-state index < -0.39 is 0 Å². The lowest BCUT2D eigenvalue weighted by Gasteiger charge is -2.17. The van der Waals surface area contributed by atoms with Crippen LogP contribution in [0.5, 0.6) is 5.75 Å². The predicted molar refractivity (Wildman–Crippen MR) is 125 cm³/mol. The molecule has 0 spiro atoms. The van der Waals surface area contributed by atoms with Crippen molar-refractivity contribution < 1.29 is 9.57 Å². The second kappa shape index (κ2) is 11.0. The molecule has 0 aliphatic rings. The van der Waals surface area contributed by atoms with E-state index in [-0.39, 0.29) is 0 Å². The molecule has 0 unspecified atom stereocenters. The van der Waals surface area contributed by atoms with Crippen LogP contribution in [-0.4, -0.2) is 27.1 Å². The average Bonchev–Trinajstić information content (AvgIpc) is 2.81. The fraction of sp³-hybridized carbons (Fsp3) is 0.192. The van der Waals surface area contributed by atoms with Gasteiger partial charge in [-0.15, -0.1) is 0 Å². The van der Waals surface area contributed by atoms with Gasteiger partial charge < -0.3 is 9.57 Å². The minimum absolute atomic E-state index is 0.483. The number of hydrogen-bond donors (Lipinski definition) is 1. The van der Waals surface area contributed by atoms with Crippen LogP contribution in [0.4, 0.5) is 0 Å². The molecule has 1 N–H and O–H groups in total. The molecule has 0 atom stereocenters. The Morgan fingerprint density at radius 1 is 0.867 bits per heavy atom. The molecule has 3 aromatic carbocycles. The molecule has 0 aliphatic heterocycles. The summed E-state index contributed by atoms with van der Waals surface area (Å²) < 4.78 is 5.67. The fourth-order valence-corrected chi connectivity index (χ4v) is 3.40. The smallest absolute Gasteiger partial charge is 0.139 e. The summed E-state index contributed by atoms with van der Waals surface area (Å²) >= 11 is 0. The largest absolute Gasteiger partial charge is 0.478 e. The zero-order valence-electron chi connectivity index (χ0n) is 17.8. The maximum absolute atomic E-state index is 5.67. The van der Waals surface area contributed by atoms with E-state index in [1.165, 1.54) is 16.7 Å². The van der Waals surface area contributed by atoms with Crippen molar-refractivity contribution in [1.29, 1.82) is 0 Å². The van der Waals surface area contributed by atoms with E-state index in [1.54, 1.807) is 13.3 Å². The highest BCUT2D eigenvalue weighted by Gasteiger charge is 2.13. The molecule has 0 bridgehead atoms. The zero-order chi connectivity index (χ0) is 21.2. The number of nitrogens with zero attached hydrogens (tertiary/aromatic N) is 1. The van der Waals surface area contributed by atoms with Crippen molar-refractivity contribution in [2.75, 3.05) is 20.9 Å². The first-order valence-corrected chi connectivity index (χ1v) is 10.1.